The van der Waals surface area contributed by atoms with Crippen molar-refractivity contribution in [3.05, 3.63) is 23.7 Å². The molecule has 1 aromatic heterocycles. The zero-order valence-corrected chi connectivity index (χ0v) is 5.97. The fourth-order valence-corrected chi connectivity index (χ4v) is 0.719. The molecule has 0 atom stereocenters. The molecule has 0 radical (unpaired) electrons. The Bertz CT molecular complexity index is 240. The maximum absolute atomic E-state index is 10.9. The average Bonchev–Trinajstić information content (AvgIpc) is 2.34. The second-order valence-electron chi connectivity index (χ2n) is 2.01. The van der Waals surface area contributed by atoms with Crippen molar-refractivity contribution in [2.45, 2.75) is 6.92 Å². The number of furan rings is 1. The van der Waals surface area contributed by atoms with E-state index in [2.05, 4.69) is 5.32 Å². The number of rotatable bonds is 1. The molecule has 0 spiro atoms. The molecule has 1 rings (SSSR count). The minimum Gasteiger partial charge on any atom is -0.459 e. The van der Waals surface area contributed by atoms with Crippen LogP contribution in [0.4, 0.5) is 0 Å². The van der Waals surface area contributed by atoms with Gasteiger partial charge in [-0.05, 0) is 13.0 Å². The van der Waals surface area contributed by atoms with E-state index < -0.39 is 0 Å². The first-order valence-electron chi connectivity index (χ1n) is 3.02. The van der Waals surface area contributed by atoms with Crippen molar-refractivity contribution in [2.24, 2.45) is 0 Å². The van der Waals surface area contributed by atoms with Gasteiger partial charge in [-0.2, -0.15) is 0 Å². The molecule has 0 saturated carbocycles. The molecule has 0 saturated heterocycles. The molecule has 0 bridgehead atoms. The quantitative estimate of drug-likeness (QED) is 0.629. The van der Waals surface area contributed by atoms with Gasteiger partial charge in [0, 0.05) is 12.6 Å². The summed E-state index contributed by atoms with van der Waals surface area (Å²) in [4.78, 5) is 10.9. The van der Waals surface area contributed by atoms with E-state index in [-0.39, 0.29) is 5.91 Å². The second kappa shape index (κ2) is 2.56. The van der Waals surface area contributed by atoms with E-state index in [1.807, 2.05) is 6.92 Å². The SMILES string of the molecule is CNC(=O)c1occc1C. The van der Waals surface area contributed by atoms with Gasteiger partial charge in [0.1, 0.15) is 0 Å². The predicted octanol–water partition coefficient (Wildman–Crippen LogP) is 0.948. The van der Waals surface area contributed by atoms with Gasteiger partial charge in [-0.1, -0.05) is 0 Å². The number of nitrogens with one attached hydrogen (secondary N) is 1. The van der Waals surface area contributed by atoms with Gasteiger partial charge in [0.25, 0.3) is 5.91 Å². The molecule has 3 nitrogen and oxygen atoms in total. The zero-order valence-electron chi connectivity index (χ0n) is 5.97. The van der Waals surface area contributed by atoms with E-state index in [1.165, 1.54) is 6.26 Å². The van der Waals surface area contributed by atoms with Crippen molar-refractivity contribution >= 4 is 5.91 Å². The fraction of sp³-hybridized carbons (Fsp3) is 0.286. The van der Waals surface area contributed by atoms with Crippen molar-refractivity contribution in [1.29, 1.82) is 0 Å². The number of hydrogen-bond acceptors (Lipinski definition) is 2. The van der Waals surface area contributed by atoms with Crippen LogP contribution in [0.1, 0.15) is 16.1 Å². The lowest BCUT2D eigenvalue weighted by molar-refractivity contribution is 0.0935. The number of amides is 1. The first-order chi connectivity index (χ1) is 4.75. The lowest BCUT2D eigenvalue weighted by Crippen LogP contribution is -2.17. The van der Waals surface area contributed by atoms with Gasteiger partial charge < -0.3 is 9.73 Å². The van der Waals surface area contributed by atoms with Gasteiger partial charge in [-0.3, -0.25) is 4.79 Å². The van der Waals surface area contributed by atoms with Crippen LogP contribution in [0.2, 0.25) is 0 Å². The molecule has 1 aromatic rings. The summed E-state index contributed by atoms with van der Waals surface area (Å²) in [6.07, 6.45) is 1.50. The van der Waals surface area contributed by atoms with E-state index in [1.54, 1.807) is 13.1 Å². The highest BCUT2D eigenvalue weighted by Crippen LogP contribution is 2.07. The Morgan fingerprint density at radius 3 is 2.80 bits per heavy atom. The maximum atomic E-state index is 10.9. The average molecular weight is 139 g/mol. The topological polar surface area (TPSA) is 42.2 Å². The van der Waals surface area contributed by atoms with Gasteiger partial charge in [0.05, 0.1) is 6.26 Å². The molecule has 0 fully saturated rings. The summed E-state index contributed by atoms with van der Waals surface area (Å²) in [5.41, 5.74) is 0.861. The van der Waals surface area contributed by atoms with E-state index in [0.29, 0.717) is 5.76 Å². The summed E-state index contributed by atoms with van der Waals surface area (Å²) in [6.45, 7) is 1.83. The normalized spacial score (nSPS) is 9.40. The number of hydrogen-bond donors (Lipinski definition) is 1. The molecule has 10 heavy (non-hydrogen) atoms. The summed E-state index contributed by atoms with van der Waals surface area (Å²) in [5, 5.41) is 2.48. The molecule has 0 unspecified atom stereocenters. The van der Waals surface area contributed by atoms with E-state index in [9.17, 15) is 4.79 Å². The molecule has 3 heteroatoms. The summed E-state index contributed by atoms with van der Waals surface area (Å²) >= 11 is 0. The fourth-order valence-electron chi connectivity index (χ4n) is 0.719. The summed E-state index contributed by atoms with van der Waals surface area (Å²) in [5.74, 6) is 0.213. The number of aryl methyl sites for hydroxylation is 1. The van der Waals surface area contributed by atoms with Crippen LogP contribution in [0.3, 0.4) is 0 Å². The smallest absolute Gasteiger partial charge is 0.287 e. The lowest BCUT2D eigenvalue weighted by Gasteiger charge is -1.93. The third kappa shape index (κ3) is 1.03. The van der Waals surface area contributed by atoms with Gasteiger partial charge in [-0.15, -0.1) is 0 Å². The molecule has 1 heterocycles. The Balaban J connectivity index is 2.93. The highest BCUT2D eigenvalue weighted by molar-refractivity contribution is 5.92. The van der Waals surface area contributed by atoms with Crippen LogP contribution in [0.5, 0.6) is 0 Å². The molecular formula is C7H9NO2. The van der Waals surface area contributed by atoms with Gasteiger partial charge in [0.2, 0.25) is 0 Å². The third-order valence-electron chi connectivity index (χ3n) is 1.30. The minimum absolute atomic E-state index is 0.178. The highest BCUT2D eigenvalue weighted by atomic mass is 16.3. The van der Waals surface area contributed by atoms with Crippen LogP contribution in [-0.4, -0.2) is 13.0 Å². The van der Waals surface area contributed by atoms with Crippen LogP contribution in [0.15, 0.2) is 16.7 Å². The van der Waals surface area contributed by atoms with Crippen molar-refractivity contribution in [3.8, 4) is 0 Å². The summed E-state index contributed by atoms with van der Waals surface area (Å²) in [6, 6.07) is 1.75. The van der Waals surface area contributed by atoms with Gasteiger partial charge in [0.15, 0.2) is 5.76 Å². The second-order valence-corrected chi connectivity index (χ2v) is 2.01. The molecule has 0 aromatic carbocycles. The van der Waals surface area contributed by atoms with Crippen molar-refractivity contribution in [3.63, 3.8) is 0 Å². The Morgan fingerprint density at radius 2 is 2.40 bits per heavy atom. The van der Waals surface area contributed by atoms with Gasteiger partial charge >= 0.3 is 0 Å². The van der Waals surface area contributed by atoms with Crippen LogP contribution in [0.25, 0.3) is 0 Å². The molecule has 0 aliphatic rings. The van der Waals surface area contributed by atoms with Crippen molar-refractivity contribution < 1.29 is 9.21 Å². The van der Waals surface area contributed by atoms with E-state index in [4.69, 9.17) is 4.42 Å². The minimum atomic E-state index is -0.178. The monoisotopic (exact) mass is 139 g/mol. The molecule has 54 valence electrons. The Hall–Kier alpha value is -1.25. The summed E-state index contributed by atoms with van der Waals surface area (Å²) < 4.78 is 4.90. The largest absolute Gasteiger partial charge is 0.459 e. The predicted molar refractivity (Wildman–Crippen MR) is 36.8 cm³/mol. The van der Waals surface area contributed by atoms with E-state index in [0.717, 1.165) is 5.56 Å². The Morgan fingerprint density at radius 1 is 1.70 bits per heavy atom. The molecule has 0 aliphatic carbocycles. The molecular weight excluding hydrogens is 130 g/mol. The third-order valence-corrected chi connectivity index (χ3v) is 1.30. The Labute approximate surface area is 59.0 Å². The van der Waals surface area contributed by atoms with Gasteiger partial charge in [-0.25, -0.2) is 0 Å². The number of carbonyl (C=O) groups excluding carboxylic acids is 1. The zero-order chi connectivity index (χ0) is 7.56. The highest BCUT2D eigenvalue weighted by Gasteiger charge is 2.08. The molecule has 0 aliphatic heterocycles. The first-order valence-corrected chi connectivity index (χ1v) is 3.02. The van der Waals surface area contributed by atoms with Crippen molar-refractivity contribution in [1.82, 2.24) is 5.32 Å². The van der Waals surface area contributed by atoms with Crippen LogP contribution < -0.4 is 5.32 Å². The maximum Gasteiger partial charge on any atom is 0.287 e. The summed E-state index contributed by atoms with van der Waals surface area (Å²) in [7, 11) is 1.57. The van der Waals surface area contributed by atoms with Crippen LogP contribution in [-0.2, 0) is 0 Å². The van der Waals surface area contributed by atoms with Crippen molar-refractivity contribution in [2.75, 3.05) is 7.05 Å². The molecule has 1 amide bonds. The lowest BCUT2D eigenvalue weighted by atomic mass is 10.3. The Kier molecular flexibility index (Phi) is 1.76. The van der Waals surface area contributed by atoms with Crippen LogP contribution >= 0.6 is 0 Å². The number of carbonyl (C=O) groups is 1. The molecule has 1 N–H and O–H groups in total. The van der Waals surface area contributed by atoms with Crippen LogP contribution in [0, 0.1) is 6.92 Å². The van der Waals surface area contributed by atoms with E-state index >= 15 is 0 Å². The standard InChI is InChI=1S/C7H9NO2/c1-5-3-4-10-6(5)7(9)8-2/h3-4H,1-2H3,(H,8,9). The first kappa shape index (κ1) is 6.86.